The zero-order chi connectivity index (χ0) is 25.6. The number of allylic oxidation sites excluding steroid dienone is 3. The van der Waals surface area contributed by atoms with Crippen molar-refractivity contribution in [2.45, 2.75) is 38.2 Å². The number of hydrogen-bond donors (Lipinski definition) is 2. The van der Waals surface area contributed by atoms with Crippen molar-refractivity contribution in [3.05, 3.63) is 88.5 Å². The minimum Gasteiger partial charge on any atom is -0.489 e. The van der Waals surface area contributed by atoms with Crippen molar-refractivity contribution in [3.63, 3.8) is 0 Å². The lowest BCUT2D eigenvalue weighted by atomic mass is 9.75. The highest BCUT2D eigenvalue weighted by Crippen LogP contribution is 2.36. The molecule has 35 heavy (non-hydrogen) atoms. The normalized spacial score (nSPS) is 18.2. The van der Waals surface area contributed by atoms with Crippen LogP contribution in [0, 0.1) is 25.2 Å². The van der Waals surface area contributed by atoms with Crippen molar-refractivity contribution < 1.29 is 24.2 Å². The van der Waals surface area contributed by atoms with Crippen molar-refractivity contribution in [1.82, 2.24) is 0 Å². The quantitative estimate of drug-likeness (QED) is 0.506. The fourth-order valence-electron chi connectivity index (χ4n) is 4.42. The van der Waals surface area contributed by atoms with Crippen molar-refractivity contribution >= 4 is 5.97 Å². The molecule has 0 bridgehead atoms. The molecule has 0 saturated heterocycles. The largest absolute Gasteiger partial charge is 0.489 e. The van der Waals surface area contributed by atoms with Crippen LogP contribution >= 0.6 is 0 Å². The second-order valence-electron chi connectivity index (χ2n) is 10.1. The molecule has 1 unspecified atom stereocenters. The van der Waals surface area contributed by atoms with Gasteiger partial charge in [-0.15, -0.1) is 0 Å². The summed E-state index contributed by atoms with van der Waals surface area (Å²) in [7, 11) is 4.15. The average Bonchev–Trinajstić information content (AvgIpc) is 2.83. The smallest absolute Gasteiger partial charge is 0.318 e. The Labute approximate surface area is 208 Å². The minimum atomic E-state index is -1.20. The van der Waals surface area contributed by atoms with Crippen LogP contribution in [0.2, 0.25) is 0 Å². The van der Waals surface area contributed by atoms with Gasteiger partial charge in [-0.1, -0.05) is 48.6 Å². The fraction of sp³-hybridized carbons (Fsp3) is 0.379. The molecule has 0 fully saturated rings. The molecule has 0 aromatic heterocycles. The Morgan fingerprint density at radius 1 is 1.17 bits per heavy atom. The first-order valence-electron chi connectivity index (χ1n) is 11.9. The average molecular weight is 476 g/mol. The summed E-state index contributed by atoms with van der Waals surface area (Å²) in [5, 5.41) is 30.2. The molecule has 2 aromatic rings. The molecule has 6 heteroatoms. The minimum absolute atomic E-state index is 0.0132. The molecule has 0 amide bonds. The first-order chi connectivity index (χ1) is 16.6. The van der Waals surface area contributed by atoms with Gasteiger partial charge in [0.15, 0.2) is 0 Å². The standard InChI is InChI=1S/C29H34N2O4/c1-21-8-9-23(16-22(21)2)12-15-31(3,4)19-26(32)20-35-27-17-25(11-10-24(27)18-30)29(28(33)34)13-6-5-7-14-29/h5-11,13,16-17,26,32H,12,14-15,19-20H2,1-4H3/p+1/t26-,29?/m1/s1. The van der Waals surface area contributed by atoms with E-state index < -0.39 is 17.5 Å². The lowest BCUT2D eigenvalue weighted by molar-refractivity contribution is -0.893. The molecule has 0 heterocycles. The number of benzene rings is 2. The maximum absolute atomic E-state index is 12.1. The van der Waals surface area contributed by atoms with Crippen LogP contribution in [0.1, 0.15) is 34.2 Å². The van der Waals surface area contributed by atoms with E-state index in [-0.39, 0.29) is 12.4 Å². The number of likely N-dealkylation sites (N-methyl/N-ethyl adjacent to an activating group) is 1. The number of carboxylic acid groups (broad SMARTS) is 1. The zero-order valence-corrected chi connectivity index (χ0v) is 21.0. The molecule has 0 aliphatic heterocycles. The summed E-state index contributed by atoms with van der Waals surface area (Å²) >= 11 is 0. The number of aliphatic hydroxyl groups is 1. The number of carbonyl (C=O) groups is 1. The Morgan fingerprint density at radius 2 is 1.94 bits per heavy atom. The Bertz CT molecular complexity index is 1180. The van der Waals surface area contributed by atoms with E-state index in [1.54, 1.807) is 30.4 Å². The van der Waals surface area contributed by atoms with Crippen LogP contribution < -0.4 is 4.74 Å². The maximum Gasteiger partial charge on any atom is 0.318 e. The van der Waals surface area contributed by atoms with E-state index in [4.69, 9.17) is 4.74 Å². The lowest BCUT2D eigenvalue weighted by Crippen LogP contribution is -2.48. The fourth-order valence-corrected chi connectivity index (χ4v) is 4.42. The highest BCUT2D eigenvalue weighted by Gasteiger charge is 2.38. The van der Waals surface area contributed by atoms with E-state index in [2.05, 4.69) is 52.2 Å². The number of ether oxygens (including phenoxy) is 1. The van der Waals surface area contributed by atoms with Gasteiger partial charge in [-0.2, -0.15) is 5.26 Å². The molecule has 0 spiro atoms. The second kappa shape index (κ2) is 10.9. The Morgan fingerprint density at radius 3 is 2.57 bits per heavy atom. The van der Waals surface area contributed by atoms with E-state index in [0.29, 0.717) is 28.6 Å². The van der Waals surface area contributed by atoms with E-state index in [0.717, 1.165) is 13.0 Å². The Balaban J connectivity index is 1.65. The molecule has 1 aliphatic rings. The van der Waals surface area contributed by atoms with Gasteiger partial charge in [-0.05, 0) is 54.7 Å². The molecule has 0 saturated carbocycles. The predicted molar refractivity (Wildman–Crippen MR) is 136 cm³/mol. The lowest BCUT2D eigenvalue weighted by Gasteiger charge is -2.32. The number of aryl methyl sites for hydroxylation is 2. The van der Waals surface area contributed by atoms with Gasteiger partial charge in [-0.3, -0.25) is 4.79 Å². The zero-order valence-electron chi connectivity index (χ0n) is 21.0. The number of carboxylic acids is 1. The van der Waals surface area contributed by atoms with Crippen LogP contribution in [0.15, 0.2) is 60.7 Å². The Hall–Kier alpha value is -3.40. The Kier molecular flexibility index (Phi) is 8.16. The monoisotopic (exact) mass is 475 g/mol. The number of quaternary nitrogens is 1. The van der Waals surface area contributed by atoms with E-state index >= 15 is 0 Å². The van der Waals surface area contributed by atoms with E-state index in [9.17, 15) is 20.3 Å². The number of hydrogen-bond acceptors (Lipinski definition) is 4. The number of nitriles is 1. The number of rotatable bonds is 10. The first kappa shape index (κ1) is 26.2. The van der Waals surface area contributed by atoms with Gasteiger partial charge in [0.05, 0.1) is 26.2 Å². The van der Waals surface area contributed by atoms with Gasteiger partial charge in [0.1, 0.15) is 36.5 Å². The highest BCUT2D eigenvalue weighted by atomic mass is 16.5. The van der Waals surface area contributed by atoms with Crippen molar-refractivity contribution in [3.8, 4) is 11.8 Å². The van der Waals surface area contributed by atoms with Gasteiger partial charge >= 0.3 is 5.97 Å². The van der Waals surface area contributed by atoms with E-state index in [1.807, 2.05) is 12.2 Å². The van der Waals surface area contributed by atoms with Gasteiger partial charge in [0.2, 0.25) is 0 Å². The molecular weight excluding hydrogens is 440 g/mol. The third-order valence-electron chi connectivity index (χ3n) is 6.78. The van der Waals surface area contributed by atoms with Crippen LogP contribution in [0.5, 0.6) is 5.75 Å². The molecule has 184 valence electrons. The van der Waals surface area contributed by atoms with Gasteiger partial charge in [-0.25, -0.2) is 0 Å². The van der Waals surface area contributed by atoms with Crippen LogP contribution in [0.3, 0.4) is 0 Å². The van der Waals surface area contributed by atoms with Gasteiger partial charge in [0, 0.05) is 6.42 Å². The van der Waals surface area contributed by atoms with Crippen LogP contribution in [-0.4, -0.2) is 60.6 Å². The van der Waals surface area contributed by atoms with Crippen molar-refractivity contribution in [2.24, 2.45) is 0 Å². The van der Waals surface area contributed by atoms with Crippen LogP contribution in [0.25, 0.3) is 0 Å². The number of aliphatic carboxylic acids is 1. The molecule has 3 rings (SSSR count). The maximum atomic E-state index is 12.1. The third kappa shape index (κ3) is 6.39. The molecule has 0 radical (unpaired) electrons. The van der Waals surface area contributed by atoms with Crippen molar-refractivity contribution in [1.29, 1.82) is 5.26 Å². The molecule has 1 aliphatic carbocycles. The van der Waals surface area contributed by atoms with Gasteiger partial charge in [0.25, 0.3) is 0 Å². The molecule has 6 nitrogen and oxygen atoms in total. The summed E-state index contributed by atoms with van der Waals surface area (Å²) in [6, 6.07) is 13.5. The summed E-state index contributed by atoms with van der Waals surface area (Å²) in [5.41, 5.74) is 3.48. The molecule has 2 atom stereocenters. The molecule has 2 N–H and O–H groups in total. The van der Waals surface area contributed by atoms with Crippen LogP contribution in [0.4, 0.5) is 0 Å². The molecular formula is C29H35N2O4+. The van der Waals surface area contributed by atoms with Crippen molar-refractivity contribution in [2.75, 3.05) is 33.8 Å². The second-order valence-corrected chi connectivity index (χ2v) is 10.1. The summed E-state index contributed by atoms with van der Waals surface area (Å²) in [6.07, 6.45) is 7.49. The number of nitrogens with zero attached hydrogens (tertiary/aromatic N) is 2. The summed E-state index contributed by atoms with van der Waals surface area (Å²) in [5.74, 6) is -0.676. The van der Waals surface area contributed by atoms with Gasteiger partial charge < -0.3 is 19.4 Å². The van der Waals surface area contributed by atoms with Crippen LogP contribution in [-0.2, 0) is 16.6 Å². The number of aliphatic hydroxyl groups excluding tert-OH is 1. The summed E-state index contributed by atoms with van der Waals surface area (Å²) in [6.45, 7) is 5.58. The summed E-state index contributed by atoms with van der Waals surface area (Å²) in [4.78, 5) is 12.1. The topological polar surface area (TPSA) is 90.6 Å². The SMILES string of the molecule is Cc1ccc(CC[N+](C)(C)C[C@@H](O)COc2cc(C3(C(=O)O)C=CC=CC3)ccc2C#N)cc1C. The molecule has 2 aromatic carbocycles. The highest BCUT2D eigenvalue weighted by molar-refractivity contribution is 5.85. The first-order valence-corrected chi connectivity index (χ1v) is 11.9. The predicted octanol–water partition coefficient (Wildman–Crippen LogP) is 4.07. The van der Waals surface area contributed by atoms with E-state index in [1.165, 1.54) is 16.7 Å². The third-order valence-corrected chi connectivity index (χ3v) is 6.78. The summed E-state index contributed by atoms with van der Waals surface area (Å²) < 4.78 is 6.48.